The second-order valence-corrected chi connectivity index (χ2v) is 9.33. The fourth-order valence-electron chi connectivity index (χ4n) is 4.13. The number of nitrogens with zero attached hydrogens (tertiary/aromatic N) is 3. The smallest absolute Gasteiger partial charge is 0.410 e. The lowest BCUT2D eigenvalue weighted by Crippen LogP contribution is -2.47. The molecule has 0 bridgehead atoms. The molecule has 1 saturated carbocycles. The number of anilines is 1. The quantitative estimate of drug-likeness (QED) is 0.849. The number of ether oxygens (including phenoxy) is 1. The standard InChI is InChI=1S/C22H28N4O2/c1-20(2,3)28-19(27)26-10-9-22(15-26)11-18(12-22)25-17-7-5-16(6-8-17)21(4,13-23)14-24/h5-8,18,25H,9-12,15H2,1-4H3. The highest BCUT2D eigenvalue weighted by Gasteiger charge is 2.50. The molecule has 1 spiro atoms. The van der Waals surface area contributed by atoms with Crippen molar-refractivity contribution in [2.24, 2.45) is 5.41 Å². The molecule has 1 amide bonds. The van der Waals surface area contributed by atoms with Crippen molar-refractivity contribution in [2.45, 2.75) is 64.0 Å². The molecule has 1 heterocycles. The van der Waals surface area contributed by atoms with E-state index in [2.05, 4.69) is 17.5 Å². The summed E-state index contributed by atoms with van der Waals surface area (Å²) in [5.74, 6) is 0. The van der Waals surface area contributed by atoms with Crippen LogP contribution in [0, 0.1) is 28.1 Å². The summed E-state index contributed by atoms with van der Waals surface area (Å²) in [5.41, 5.74) is 0.319. The van der Waals surface area contributed by atoms with Crippen LogP contribution in [0.3, 0.4) is 0 Å². The Morgan fingerprint density at radius 3 is 2.32 bits per heavy atom. The van der Waals surface area contributed by atoms with Gasteiger partial charge in [0.05, 0.1) is 12.1 Å². The van der Waals surface area contributed by atoms with Crippen LogP contribution in [0.2, 0.25) is 0 Å². The number of carbonyl (C=O) groups excluding carboxylic acids is 1. The van der Waals surface area contributed by atoms with Crippen molar-refractivity contribution in [3.63, 3.8) is 0 Å². The molecular formula is C22H28N4O2. The molecular weight excluding hydrogens is 352 g/mol. The van der Waals surface area contributed by atoms with Gasteiger partial charge in [0.15, 0.2) is 5.41 Å². The monoisotopic (exact) mass is 380 g/mol. The predicted molar refractivity (Wildman–Crippen MR) is 107 cm³/mol. The molecule has 1 aliphatic heterocycles. The third kappa shape index (κ3) is 4.07. The first kappa shape index (κ1) is 20.0. The van der Waals surface area contributed by atoms with Crippen LogP contribution in [0.4, 0.5) is 10.5 Å². The summed E-state index contributed by atoms with van der Waals surface area (Å²) in [6, 6.07) is 12.0. The molecule has 6 nitrogen and oxygen atoms in total. The van der Waals surface area contributed by atoms with Crippen LogP contribution in [0.25, 0.3) is 0 Å². The maximum absolute atomic E-state index is 12.3. The first-order chi connectivity index (χ1) is 13.1. The Hall–Kier alpha value is -2.73. The minimum atomic E-state index is -1.12. The van der Waals surface area contributed by atoms with Gasteiger partial charge in [-0.25, -0.2) is 4.79 Å². The van der Waals surface area contributed by atoms with E-state index < -0.39 is 11.0 Å². The summed E-state index contributed by atoms with van der Waals surface area (Å²) < 4.78 is 5.49. The first-order valence-electron chi connectivity index (χ1n) is 9.76. The first-order valence-corrected chi connectivity index (χ1v) is 9.76. The number of carbonyl (C=O) groups is 1. The Morgan fingerprint density at radius 2 is 1.79 bits per heavy atom. The molecule has 0 atom stereocenters. The van der Waals surface area contributed by atoms with E-state index in [0.29, 0.717) is 11.6 Å². The van der Waals surface area contributed by atoms with Crippen molar-refractivity contribution < 1.29 is 9.53 Å². The molecule has 1 saturated heterocycles. The summed E-state index contributed by atoms with van der Waals surface area (Å²) in [6.45, 7) is 8.82. The van der Waals surface area contributed by atoms with Gasteiger partial charge in [-0.05, 0) is 70.1 Å². The molecule has 1 aliphatic carbocycles. The summed E-state index contributed by atoms with van der Waals surface area (Å²) in [7, 11) is 0. The van der Waals surface area contributed by atoms with Crippen molar-refractivity contribution in [1.29, 1.82) is 10.5 Å². The topological polar surface area (TPSA) is 89.2 Å². The lowest BCUT2D eigenvalue weighted by molar-refractivity contribution is 0.0237. The van der Waals surface area contributed by atoms with Gasteiger partial charge in [-0.1, -0.05) is 12.1 Å². The third-order valence-corrected chi connectivity index (χ3v) is 5.73. The lowest BCUT2D eigenvalue weighted by atomic mass is 9.65. The highest BCUT2D eigenvalue weighted by atomic mass is 16.6. The maximum Gasteiger partial charge on any atom is 0.410 e. The molecule has 2 fully saturated rings. The molecule has 148 valence electrons. The Labute approximate surface area is 167 Å². The Kier molecular flexibility index (Phi) is 5.02. The molecule has 0 radical (unpaired) electrons. The fraction of sp³-hybridized carbons (Fsp3) is 0.591. The summed E-state index contributed by atoms with van der Waals surface area (Å²) in [5, 5.41) is 22.0. The minimum absolute atomic E-state index is 0.203. The van der Waals surface area contributed by atoms with Gasteiger partial charge < -0.3 is 15.0 Å². The Bertz CT molecular complexity index is 806. The number of likely N-dealkylation sites (tertiary alicyclic amines) is 1. The van der Waals surface area contributed by atoms with Crippen molar-refractivity contribution in [2.75, 3.05) is 18.4 Å². The molecule has 0 unspecified atom stereocenters. The van der Waals surface area contributed by atoms with Gasteiger partial charge in [0.25, 0.3) is 0 Å². The highest BCUT2D eigenvalue weighted by Crippen LogP contribution is 2.49. The van der Waals surface area contributed by atoms with Crippen molar-refractivity contribution in [1.82, 2.24) is 4.90 Å². The molecule has 0 aromatic heterocycles. The molecule has 1 aromatic carbocycles. The zero-order valence-corrected chi connectivity index (χ0v) is 17.1. The average molecular weight is 380 g/mol. The van der Waals surface area contributed by atoms with E-state index in [1.807, 2.05) is 49.9 Å². The number of benzene rings is 1. The van der Waals surface area contributed by atoms with Crippen molar-refractivity contribution in [3.8, 4) is 12.1 Å². The second-order valence-electron chi connectivity index (χ2n) is 9.33. The van der Waals surface area contributed by atoms with Gasteiger partial charge in [0, 0.05) is 24.8 Å². The average Bonchev–Trinajstić information content (AvgIpc) is 3.06. The normalized spacial score (nSPS) is 24.2. The molecule has 6 heteroatoms. The summed E-state index contributed by atoms with van der Waals surface area (Å²) in [6.07, 6.45) is 2.87. The third-order valence-electron chi connectivity index (χ3n) is 5.73. The minimum Gasteiger partial charge on any atom is -0.444 e. The van der Waals surface area contributed by atoms with E-state index in [9.17, 15) is 15.3 Å². The van der Waals surface area contributed by atoms with Gasteiger partial charge in [-0.2, -0.15) is 10.5 Å². The fourth-order valence-corrected chi connectivity index (χ4v) is 4.13. The number of hydrogen-bond donors (Lipinski definition) is 1. The Morgan fingerprint density at radius 1 is 1.18 bits per heavy atom. The van der Waals surface area contributed by atoms with Gasteiger partial charge in [-0.3, -0.25) is 0 Å². The zero-order chi connectivity index (χ0) is 20.6. The van der Waals surface area contributed by atoms with Crippen LogP contribution in [0.15, 0.2) is 24.3 Å². The van der Waals surface area contributed by atoms with Crippen LogP contribution in [-0.2, 0) is 10.2 Å². The van der Waals surface area contributed by atoms with E-state index >= 15 is 0 Å². The Balaban J connectivity index is 1.52. The molecule has 28 heavy (non-hydrogen) atoms. The van der Waals surface area contributed by atoms with Crippen molar-refractivity contribution in [3.05, 3.63) is 29.8 Å². The molecule has 1 N–H and O–H groups in total. The lowest BCUT2D eigenvalue weighted by Gasteiger charge is -2.45. The van der Waals surface area contributed by atoms with Crippen LogP contribution in [0.5, 0.6) is 0 Å². The number of nitriles is 2. The van der Waals surface area contributed by atoms with Gasteiger partial charge in [0.2, 0.25) is 0 Å². The van der Waals surface area contributed by atoms with Crippen LogP contribution < -0.4 is 5.32 Å². The van der Waals surface area contributed by atoms with E-state index in [0.717, 1.165) is 38.0 Å². The van der Waals surface area contributed by atoms with E-state index in [1.54, 1.807) is 6.92 Å². The van der Waals surface area contributed by atoms with E-state index in [-0.39, 0.29) is 11.5 Å². The van der Waals surface area contributed by atoms with E-state index in [1.165, 1.54) is 0 Å². The second kappa shape index (κ2) is 7.02. The zero-order valence-electron chi connectivity index (χ0n) is 17.1. The predicted octanol–water partition coefficient (Wildman–Crippen LogP) is 4.19. The number of amides is 1. The van der Waals surface area contributed by atoms with E-state index in [4.69, 9.17) is 4.74 Å². The number of nitrogens with one attached hydrogen (secondary N) is 1. The van der Waals surface area contributed by atoms with Crippen LogP contribution >= 0.6 is 0 Å². The van der Waals surface area contributed by atoms with Gasteiger partial charge in [-0.15, -0.1) is 0 Å². The van der Waals surface area contributed by atoms with Crippen LogP contribution in [-0.4, -0.2) is 35.7 Å². The van der Waals surface area contributed by atoms with Crippen LogP contribution in [0.1, 0.15) is 52.5 Å². The van der Waals surface area contributed by atoms with Gasteiger partial charge >= 0.3 is 6.09 Å². The molecule has 1 aromatic rings. The molecule has 2 aliphatic rings. The maximum atomic E-state index is 12.3. The van der Waals surface area contributed by atoms with Crippen molar-refractivity contribution >= 4 is 11.8 Å². The summed E-state index contributed by atoms with van der Waals surface area (Å²) >= 11 is 0. The SMILES string of the molecule is CC(C)(C)OC(=O)N1CCC2(CC(Nc3ccc(C(C)(C#N)C#N)cc3)C2)C1. The largest absolute Gasteiger partial charge is 0.444 e. The van der Waals surface area contributed by atoms with Gasteiger partial charge in [0.1, 0.15) is 5.60 Å². The summed E-state index contributed by atoms with van der Waals surface area (Å²) in [4.78, 5) is 14.1. The number of hydrogen-bond acceptors (Lipinski definition) is 5. The molecule has 3 rings (SSSR count). The highest BCUT2D eigenvalue weighted by molar-refractivity contribution is 5.68. The number of rotatable bonds is 3.